The molecule has 1 aromatic carbocycles. The van der Waals surface area contributed by atoms with Crippen molar-refractivity contribution in [3.8, 4) is 0 Å². The van der Waals surface area contributed by atoms with Crippen molar-refractivity contribution in [2.45, 2.75) is 51.7 Å². The predicted molar refractivity (Wildman–Crippen MR) is 131 cm³/mol. The average Bonchev–Trinajstić information content (AvgIpc) is 2.84. The minimum Gasteiger partial charge on any atom is -0.381 e. The van der Waals surface area contributed by atoms with Crippen LogP contribution in [0.15, 0.2) is 35.4 Å². The monoisotopic (exact) mass is 506 g/mol. The van der Waals surface area contributed by atoms with E-state index in [0.717, 1.165) is 16.8 Å². The van der Waals surface area contributed by atoms with Crippen LogP contribution >= 0.6 is 0 Å². The summed E-state index contributed by atoms with van der Waals surface area (Å²) in [6.45, 7) is 2.78. The van der Waals surface area contributed by atoms with E-state index in [4.69, 9.17) is 0 Å². The Kier molecular flexibility index (Phi) is 14.0. The van der Waals surface area contributed by atoms with Gasteiger partial charge in [0.1, 0.15) is 5.78 Å². The quantitative estimate of drug-likeness (QED) is 0.0724. The maximum atomic E-state index is 12.6. The summed E-state index contributed by atoms with van der Waals surface area (Å²) < 4.78 is 0. The van der Waals surface area contributed by atoms with Crippen molar-refractivity contribution in [3.63, 3.8) is 0 Å². The molecule has 0 heterocycles. The van der Waals surface area contributed by atoms with Crippen LogP contribution in [-0.2, 0) is 25.6 Å². The number of nitrogens with one attached hydrogen (secondary N) is 3. The van der Waals surface area contributed by atoms with E-state index >= 15 is 0 Å². The van der Waals surface area contributed by atoms with E-state index in [2.05, 4.69) is 21.1 Å². The Morgan fingerprint density at radius 3 is 2.47 bits per heavy atom. The van der Waals surface area contributed by atoms with E-state index in [1.165, 1.54) is 6.92 Å². The molecule has 1 aromatic rings. The molecule has 0 aliphatic carbocycles. The molecule has 4 N–H and O–H groups in total. The third kappa shape index (κ3) is 12.6. The number of benzene rings is 1. The molecular weight excluding hydrogens is 472 g/mol. The van der Waals surface area contributed by atoms with Gasteiger partial charge >= 0.3 is 0 Å². The summed E-state index contributed by atoms with van der Waals surface area (Å²) in [6, 6.07) is 8.44. The zero-order chi connectivity index (χ0) is 26.9. The molecule has 3 amide bonds. The molecule has 0 saturated carbocycles. The summed E-state index contributed by atoms with van der Waals surface area (Å²) in [5.41, 5.74) is 1.01. The Morgan fingerprint density at radius 2 is 1.86 bits per heavy atom. The second-order valence-electron chi connectivity index (χ2n) is 8.03. The van der Waals surface area contributed by atoms with Crippen molar-refractivity contribution in [1.29, 1.82) is 0 Å². The third-order valence-electron chi connectivity index (χ3n) is 5.03. The fourth-order valence-corrected chi connectivity index (χ4v) is 3.30. The van der Waals surface area contributed by atoms with E-state index in [9.17, 15) is 34.4 Å². The lowest BCUT2D eigenvalue weighted by Crippen LogP contribution is -2.53. The van der Waals surface area contributed by atoms with Crippen LogP contribution in [0, 0.1) is 10.1 Å². The second-order valence-corrected chi connectivity index (χ2v) is 8.03. The molecule has 0 aromatic heterocycles. The van der Waals surface area contributed by atoms with Crippen molar-refractivity contribution in [2.24, 2.45) is 5.10 Å². The number of nitro groups is 1. The Labute approximate surface area is 209 Å². The molecule has 0 fully saturated rings. The first kappa shape index (κ1) is 30.2. The van der Waals surface area contributed by atoms with Crippen LogP contribution in [0.1, 0.15) is 38.7 Å². The number of carbonyl (C=O) groups is 4. The largest absolute Gasteiger partial charge is 0.381 e. The van der Waals surface area contributed by atoms with Crippen molar-refractivity contribution in [2.75, 3.05) is 26.2 Å². The van der Waals surface area contributed by atoms with Gasteiger partial charge in [0.25, 0.3) is 5.91 Å². The number of Topliss-reactive ketones (excluding diaryl/α,β-unsaturated/α-hetero) is 1. The number of rotatable bonds is 17. The highest BCUT2D eigenvalue weighted by atomic mass is 16.7. The molecule has 36 heavy (non-hydrogen) atoms. The van der Waals surface area contributed by atoms with Gasteiger partial charge in [0.15, 0.2) is 17.5 Å². The molecule has 0 bridgehead atoms. The van der Waals surface area contributed by atoms with Gasteiger partial charge in [-0.25, -0.2) is 10.1 Å². The Balaban J connectivity index is 2.76. The second kappa shape index (κ2) is 16.7. The number of amides is 3. The number of carbonyl (C=O) groups excluding carboxylic acids is 4. The van der Waals surface area contributed by atoms with Crippen LogP contribution in [0.3, 0.4) is 0 Å². The standard InChI is InChI=1S/C23H34N6O7/c1-3-21(32)28(14-17(2)30)15-20(31)27-19(10-7-12-24-16-26-29(35)36)22(33)23(34)25-13-11-18-8-5-4-6-9-18/h4-6,8-9,16,19,22,33H,3,7,10-15H2,1-2H3,(H,24,26)(H,25,34)(H,27,31). The summed E-state index contributed by atoms with van der Waals surface area (Å²) in [5, 5.41) is 30.7. The zero-order valence-corrected chi connectivity index (χ0v) is 20.5. The van der Waals surface area contributed by atoms with Crippen molar-refractivity contribution >= 4 is 29.8 Å². The van der Waals surface area contributed by atoms with Gasteiger partial charge in [0.2, 0.25) is 11.8 Å². The molecule has 2 unspecified atom stereocenters. The van der Waals surface area contributed by atoms with E-state index in [1.54, 1.807) is 6.92 Å². The fraction of sp³-hybridized carbons (Fsp3) is 0.522. The van der Waals surface area contributed by atoms with Gasteiger partial charge < -0.3 is 26.0 Å². The van der Waals surface area contributed by atoms with Gasteiger partial charge in [0, 0.05) is 19.5 Å². The third-order valence-corrected chi connectivity index (χ3v) is 5.03. The highest BCUT2D eigenvalue weighted by Crippen LogP contribution is 2.05. The molecule has 198 valence electrons. The van der Waals surface area contributed by atoms with Crippen LogP contribution < -0.4 is 16.0 Å². The lowest BCUT2D eigenvalue weighted by atomic mass is 10.0. The first-order valence-corrected chi connectivity index (χ1v) is 11.6. The SMILES string of the molecule is CCC(=O)N(CC(C)=O)CC(=O)NC(CCCN/C=N\[N+](=O)[O-])C(O)C(=O)NCCc1ccccc1. The van der Waals surface area contributed by atoms with E-state index in [1.807, 2.05) is 30.3 Å². The van der Waals surface area contributed by atoms with Crippen molar-refractivity contribution in [1.82, 2.24) is 20.9 Å². The number of aliphatic hydroxyl groups excluding tert-OH is 1. The lowest BCUT2D eigenvalue weighted by Gasteiger charge is -2.26. The molecule has 1 rings (SSSR count). The highest BCUT2D eigenvalue weighted by molar-refractivity contribution is 5.89. The lowest BCUT2D eigenvalue weighted by molar-refractivity contribution is -0.484. The first-order valence-electron chi connectivity index (χ1n) is 11.6. The Hall–Kier alpha value is -3.87. The van der Waals surface area contributed by atoms with Crippen molar-refractivity contribution in [3.05, 3.63) is 46.0 Å². The molecule has 0 radical (unpaired) electrons. The molecule has 2 atom stereocenters. The molecule has 0 aliphatic heterocycles. The minimum atomic E-state index is -1.58. The fourth-order valence-electron chi connectivity index (χ4n) is 3.30. The number of hydrogen-bond acceptors (Lipinski definition) is 7. The Morgan fingerprint density at radius 1 is 1.17 bits per heavy atom. The predicted octanol–water partition coefficient (Wildman–Crippen LogP) is -0.392. The summed E-state index contributed by atoms with van der Waals surface area (Å²) in [6.07, 6.45) is 0.459. The molecule has 13 heteroatoms. The van der Waals surface area contributed by atoms with Gasteiger partial charge in [-0.05, 0) is 31.7 Å². The number of ketones is 1. The van der Waals surface area contributed by atoms with Crippen LogP contribution in [0.2, 0.25) is 0 Å². The molecule has 0 saturated heterocycles. The number of hydrogen-bond donors (Lipinski definition) is 4. The van der Waals surface area contributed by atoms with Crippen LogP contribution in [-0.4, -0.2) is 83.2 Å². The van der Waals surface area contributed by atoms with E-state index < -0.39 is 35.5 Å². The van der Waals surface area contributed by atoms with Gasteiger partial charge in [-0.2, -0.15) is 0 Å². The van der Waals surface area contributed by atoms with Crippen LogP contribution in [0.25, 0.3) is 0 Å². The maximum Gasteiger partial charge on any atom is 0.251 e. The molecule has 0 spiro atoms. The topological polar surface area (TPSA) is 183 Å². The average molecular weight is 507 g/mol. The van der Waals surface area contributed by atoms with Gasteiger partial charge in [-0.15, -0.1) is 0 Å². The van der Waals surface area contributed by atoms with Gasteiger partial charge in [-0.1, -0.05) is 37.3 Å². The summed E-state index contributed by atoms with van der Waals surface area (Å²) >= 11 is 0. The van der Waals surface area contributed by atoms with Crippen molar-refractivity contribution < 1.29 is 29.3 Å². The Bertz CT molecular complexity index is 909. The van der Waals surface area contributed by atoms with Gasteiger partial charge in [0.05, 0.1) is 24.2 Å². The number of hydrazone groups is 1. The first-order chi connectivity index (χ1) is 17.1. The number of aliphatic hydroxyl groups is 1. The van der Waals surface area contributed by atoms with Crippen LogP contribution in [0.5, 0.6) is 0 Å². The molecular formula is C23H34N6O7. The van der Waals surface area contributed by atoms with Crippen LogP contribution in [0.4, 0.5) is 0 Å². The van der Waals surface area contributed by atoms with E-state index in [0.29, 0.717) is 12.8 Å². The smallest absolute Gasteiger partial charge is 0.251 e. The molecule has 0 aliphatic rings. The summed E-state index contributed by atoms with van der Waals surface area (Å²) in [4.78, 5) is 60.1. The minimum absolute atomic E-state index is 0.105. The maximum absolute atomic E-state index is 12.6. The zero-order valence-electron chi connectivity index (χ0n) is 20.5. The van der Waals surface area contributed by atoms with E-state index in [-0.39, 0.29) is 44.2 Å². The van der Waals surface area contributed by atoms with Gasteiger partial charge in [-0.3, -0.25) is 19.2 Å². The summed E-state index contributed by atoms with van der Waals surface area (Å²) in [7, 11) is 0. The highest BCUT2D eigenvalue weighted by Gasteiger charge is 2.28. The number of nitrogens with zero attached hydrogens (tertiary/aromatic N) is 3. The normalized spacial score (nSPS) is 12.4. The molecule has 13 nitrogen and oxygen atoms in total. The summed E-state index contributed by atoms with van der Waals surface area (Å²) in [5.74, 6) is -1.99.